The number of ketones is 1. The van der Waals surface area contributed by atoms with E-state index in [1.165, 1.54) is 30.1 Å². The van der Waals surface area contributed by atoms with Crippen LogP contribution in [0.3, 0.4) is 0 Å². The molecule has 8 nitrogen and oxygen atoms in total. The summed E-state index contributed by atoms with van der Waals surface area (Å²) in [5, 5.41) is 11.3. The van der Waals surface area contributed by atoms with E-state index in [2.05, 4.69) is 0 Å². The second kappa shape index (κ2) is 9.26. The first-order valence-corrected chi connectivity index (χ1v) is 10.1. The molecule has 1 unspecified atom stereocenters. The molecule has 1 aliphatic rings. The number of halogens is 1. The fraction of sp³-hybridized carbons (Fsp3) is 0.318. The standard InChI is InChI=1S/C22H21ClN2O6/c1-24(20(27)14-31-21(28)15-7-6-8-16(13-15)25(29)30)22(12-5-4-11-19(22)26)17-9-2-3-10-18(17)23/h2-3,6-10,13H,4-5,11-12,14H2,1H3. The summed E-state index contributed by atoms with van der Waals surface area (Å²) in [7, 11) is 1.50. The van der Waals surface area contributed by atoms with Gasteiger partial charge in [0.25, 0.3) is 11.6 Å². The number of hydrogen-bond donors (Lipinski definition) is 0. The van der Waals surface area contributed by atoms with Crippen molar-refractivity contribution in [1.82, 2.24) is 4.90 Å². The van der Waals surface area contributed by atoms with Crippen LogP contribution in [0.1, 0.15) is 41.6 Å². The fourth-order valence-corrected chi connectivity index (χ4v) is 4.19. The predicted octanol–water partition coefficient (Wildman–Crippen LogP) is 3.90. The summed E-state index contributed by atoms with van der Waals surface area (Å²) >= 11 is 6.38. The van der Waals surface area contributed by atoms with E-state index in [9.17, 15) is 24.5 Å². The molecule has 0 bridgehead atoms. The highest BCUT2D eigenvalue weighted by Gasteiger charge is 2.48. The molecule has 1 atom stereocenters. The lowest BCUT2D eigenvalue weighted by Gasteiger charge is -2.43. The van der Waals surface area contributed by atoms with Crippen molar-refractivity contribution in [1.29, 1.82) is 0 Å². The van der Waals surface area contributed by atoms with Crippen molar-refractivity contribution in [3.8, 4) is 0 Å². The van der Waals surface area contributed by atoms with Gasteiger partial charge in [-0.3, -0.25) is 19.7 Å². The van der Waals surface area contributed by atoms with Crippen molar-refractivity contribution < 1.29 is 24.0 Å². The van der Waals surface area contributed by atoms with Gasteiger partial charge in [0, 0.05) is 36.2 Å². The summed E-state index contributed by atoms with van der Waals surface area (Å²) < 4.78 is 5.09. The Bertz CT molecular complexity index is 1040. The number of nitrogens with zero attached hydrogens (tertiary/aromatic N) is 2. The summed E-state index contributed by atoms with van der Waals surface area (Å²) in [4.78, 5) is 49.8. The van der Waals surface area contributed by atoms with Crippen LogP contribution in [0.2, 0.25) is 5.02 Å². The minimum atomic E-state index is -1.23. The molecule has 0 aromatic heterocycles. The maximum atomic E-state index is 13.1. The first-order valence-electron chi connectivity index (χ1n) is 9.74. The molecule has 1 amide bonds. The van der Waals surface area contributed by atoms with Crippen molar-refractivity contribution in [2.24, 2.45) is 0 Å². The molecule has 2 aromatic rings. The Morgan fingerprint density at radius 3 is 2.61 bits per heavy atom. The third kappa shape index (κ3) is 4.44. The van der Waals surface area contributed by atoms with Gasteiger partial charge in [-0.2, -0.15) is 0 Å². The number of non-ortho nitro benzene ring substituents is 1. The molecule has 0 aliphatic heterocycles. The number of rotatable bonds is 6. The molecular weight excluding hydrogens is 424 g/mol. The summed E-state index contributed by atoms with van der Waals surface area (Å²) in [6, 6.07) is 11.9. The van der Waals surface area contributed by atoms with Crippen LogP contribution < -0.4 is 0 Å². The number of likely N-dealkylation sites (N-methyl/N-ethyl adjacent to an activating group) is 1. The molecule has 3 rings (SSSR count). The normalized spacial score (nSPS) is 18.3. The number of ether oxygens (including phenoxy) is 1. The van der Waals surface area contributed by atoms with E-state index in [1.807, 2.05) is 0 Å². The molecule has 162 valence electrons. The number of Topliss-reactive ketones (excluding diaryl/α,β-unsaturated/α-hetero) is 1. The average Bonchev–Trinajstić information content (AvgIpc) is 2.77. The summed E-state index contributed by atoms with van der Waals surface area (Å²) in [6.45, 7) is -0.614. The first-order chi connectivity index (χ1) is 14.8. The van der Waals surface area contributed by atoms with E-state index >= 15 is 0 Å². The molecule has 0 heterocycles. The maximum Gasteiger partial charge on any atom is 0.338 e. The Kier molecular flexibility index (Phi) is 6.70. The van der Waals surface area contributed by atoms with Crippen LogP contribution in [0, 0.1) is 10.1 Å². The van der Waals surface area contributed by atoms with Gasteiger partial charge in [-0.25, -0.2) is 4.79 Å². The van der Waals surface area contributed by atoms with Gasteiger partial charge in [0.1, 0.15) is 5.54 Å². The summed E-state index contributed by atoms with van der Waals surface area (Å²) in [5.41, 5.74) is -0.990. The smallest absolute Gasteiger partial charge is 0.338 e. The molecule has 31 heavy (non-hydrogen) atoms. The zero-order chi connectivity index (χ0) is 22.6. The van der Waals surface area contributed by atoms with Gasteiger partial charge in [-0.15, -0.1) is 0 Å². The number of amides is 1. The Morgan fingerprint density at radius 2 is 1.94 bits per heavy atom. The summed E-state index contributed by atoms with van der Waals surface area (Å²) in [5.74, 6) is -1.56. The highest BCUT2D eigenvalue weighted by Crippen LogP contribution is 2.42. The van der Waals surface area contributed by atoms with Gasteiger partial charge in [0.15, 0.2) is 12.4 Å². The van der Waals surface area contributed by atoms with Crippen molar-refractivity contribution in [2.75, 3.05) is 13.7 Å². The van der Waals surface area contributed by atoms with Gasteiger partial charge >= 0.3 is 5.97 Å². The van der Waals surface area contributed by atoms with E-state index in [4.69, 9.17) is 16.3 Å². The quantitative estimate of drug-likeness (QED) is 0.380. The minimum absolute atomic E-state index is 0.0424. The Labute approximate surface area is 183 Å². The first kappa shape index (κ1) is 22.4. The van der Waals surface area contributed by atoms with E-state index in [0.717, 1.165) is 18.9 Å². The van der Waals surface area contributed by atoms with E-state index in [-0.39, 0.29) is 17.0 Å². The molecule has 1 aliphatic carbocycles. The van der Waals surface area contributed by atoms with Crippen molar-refractivity contribution in [3.63, 3.8) is 0 Å². The molecule has 0 spiro atoms. The van der Waals surface area contributed by atoms with Crippen molar-refractivity contribution >= 4 is 34.9 Å². The van der Waals surface area contributed by atoms with Crippen LogP contribution in [0.5, 0.6) is 0 Å². The van der Waals surface area contributed by atoms with Crippen LogP contribution in [-0.2, 0) is 19.9 Å². The van der Waals surface area contributed by atoms with Gasteiger partial charge in [0.05, 0.1) is 10.5 Å². The molecule has 0 saturated heterocycles. The maximum absolute atomic E-state index is 13.1. The highest BCUT2D eigenvalue weighted by atomic mass is 35.5. The largest absolute Gasteiger partial charge is 0.452 e. The van der Waals surface area contributed by atoms with Crippen LogP contribution in [-0.4, -0.2) is 41.1 Å². The molecular formula is C22H21ClN2O6. The predicted molar refractivity (Wildman–Crippen MR) is 113 cm³/mol. The molecule has 9 heteroatoms. The van der Waals surface area contributed by atoms with Crippen molar-refractivity contribution in [2.45, 2.75) is 31.2 Å². The summed E-state index contributed by atoms with van der Waals surface area (Å²) in [6.07, 6.45) is 2.20. The van der Waals surface area contributed by atoms with Gasteiger partial charge in [0.2, 0.25) is 0 Å². The van der Waals surface area contributed by atoms with E-state index in [1.54, 1.807) is 24.3 Å². The van der Waals surface area contributed by atoms with Crippen molar-refractivity contribution in [3.05, 3.63) is 74.8 Å². The third-order valence-electron chi connectivity index (χ3n) is 5.54. The Hall–Kier alpha value is -3.26. The SMILES string of the molecule is CN(C(=O)COC(=O)c1cccc([N+](=O)[O-])c1)C1(c2ccccc2Cl)CCCCC1=O. The lowest BCUT2D eigenvalue weighted by atomic mass is 9.74. The van der Waals surface area contributed by atoms with Crippen LogP contribution in [0.4, 0.5) is 5.69 Å². The van der Waals surface area contributed by atoms with Gasteiger partial charge in [-0.1, -0.05) is 35.9 Å². The second-order valence-electron chi connectivity index (χ2n) is 7.31. The number of nitro groups is 1. The zero-order valence-corrected chi connectivity index (χ0v) is 17.6. The van der Waals surface area contributed by atoms with Crippen LogP contribution in [0.25, 0.3) is 0 Å². The van der Waals surface area contributed by atoms with E-state index < -0.39 is 28.9 Å². The molecule has 2 aromatic carbocycles. The van der Waals surface area contributed by atoms with E-state index in [0.29, 0.717) is 23.4 Å². The third-order valence-corrected chi connectivity index (χ3v) is 5.87. The number of hydrogen-bond acceptors (Lipinski definition) is 6. The lowest BCUT2D eigenvalue weighted by molar-refractivity contribution is -0.384. The number of esters is 1. The number of nitro benzene ring substituents is 1. The lowest BCUT2D eigenvalue weighted by Crippen LogP contribution is -2.55. The monoisotopic (exact) mass is 444 g/mol. The number of carbonyl (C=O) groups is 3. The van der Waals surface area contributed by atoms with Crippen LogP contribution in [0.15, 0.2) is 48.5 Å². The van der Waals surface area contributed by atoms with Gasteiger partial charge in [-0.05, 0) is 31.4 Å². The fourth-order valence-electron chi connectivity index (χ4n) is 3.90. The molecule has 0 N–H and O–H groups in total. The Morgan fingerprint density at radius 1 is 1.19 bits per heavy atom. The molecule has 0 radical (unpaired) electrons. The minimum Gasteiger partial charge on any atom is -0.452 e. The highest BCUT2D eigenvalue weighted by molar-refractivity contribution is 6.31. The van der Waals surface area contributed by atoms with Crippen LogP contribution >= 0.6 is 11.6 Å². The molecule has 1 fully saturated rings. The molecule has 1 saturated carbocycles. The second-order valence-corrected chi connectivity index (χ2v) is 7.71. The average molecular weight is 445 g/mol. The number of benzene rings is 2. The number of carbonyl (C=O) groups excluding carboxylic acids is 3. The van der Waals surface area contributed by atoms with Gasteiger partial charge < -0.3 is 9.64 Å². The topological polar surface area (TPSA) is 107 Å². The zero-order valence-electron chi connectivity index (χ0n) is 16.9. The Balaban J connectivity index is 1.80.